The Morgan fingerprint density at radius 1 is 1.03 bits per heavy atom. The van der Waals surface area contributed by atoms with Gasteiger partial charge in [-0.2, -0.15) is 0 Å². The van der Waals surface area contributed by atoms with Crippen LogP contribution >= 0.6 is 0 Å². The third kappa shape index (κ3) is 5.22. The third-order valence-electron chi connectivity index (χ3n) is 4.56. The molecule has 0 spiro atoms. The van der Waals surface area contributed by atoms with Gasteiger partial charge < -0.3 is 19.7 Å². The Hall–Kier alpha value is -3.61. The van der Waals surface area contributed by atoms with Crippen molar-refractivity contribution in [3.8, 4) is 11.5 Å². The summed E-state index contributed by atoms with van der Waals surface area (Å²) in [5.74, 6) is 0.851. The van der Waals surface area contributed by atoms with Crippen LogP contribution in [-0.4, -0.2) is 43.7 Å². The number of rotatable bonds is 8. The second-order valence-electron chi connectivity index (χ2n) is 6.45. The van der Waals surface area contributed by atoms with Gasteiger partial charge in [0, 0.05) is 43.9 Å². The van der Waals surface area contributed by atoms with Gasteiger partial charge in [0.2, 0.25) is 0 Å². The van der Waals surface area contributed by atoms with Crippen LogP contribution in [-0.2, 0) is 6.42 Å². The monoisotopic (exact) mass is 392 g/mol. The maximum absolute atomic E-state index is 12.7. The summed E-state index contributed by atoms with van der Waals surface area (Å²) in [5, 5.41) is 2.84. The molecule has 0 aliphatic heterocycles. The van der Waals surface area contributed by atoms with E-state index in [0.717, 1.165) is 18.7 Å². The minimum atomic E-state index is -0.319. The van der Waals surface area contributed by atoms with Gasteiger partial charge in [0.25, 0.3) is 5.91 Å². The molecule has 1 aromatic carbocycles. The van der Waals surface area contributed by atoms with E-state index in [0.29, 0.717) is 22.9 Å². The molecule has 0 saturated carbocycles. The molecule has 2 aromatic heterocycles. The number of pyridine rings is 2. The molecule has 7 nitrogen and oxygen atoms in total. The van der Waals surface area contributed by atoms with Gasteiger partial charge in [0.15, 0.2) is 0 Å². The Bertz CT molecular complexity index is 963. The number of carbonyl (C=O) groups is 1. The summed E-state index contributed by atoms with van der Waals surface area (Å²) in [6, 6.07) is 12.9. The van der Waals surface area contributed by atoms with Crippen molar-refractivity contribution in [2.75, 3.05) is 38.0 Å². The van der Waals surface area contributed by atoms with Crippen molar-refractivity contribution in [1.29, 1.82) is 0 Å². The molecule has 0 atom stereocenters. The average Bonchev–Trinajstić information content (AvgIpc) is 2.78. The van der Waals surface area contributed by atoms with E-state index in [9.17, 15) is 4.79 Å². The summed E-state index contributed by atoms with van der Waals surface area (Å²) in [6.45, 7) is 0.804. The molecule has 7 heteroatoms. The van der Waals surface area contributed by atoms with Gasteiger partial charge in [0.05, 0.1) is 19.9 Å². The number of ether oxygens (including phenoxy) is 2. The number of nitrogens with one attached hydrogen (secondary N) is 1. The summed E-state index contributed by atoms with van der Waals surface area (Å²) in [4.78, 5) is 23.1. The number of hydrogen-bond acceptors (Lipinski definition) is 6. The zero-order chi connectivity index (χ0) is 20.6. The van der Waals surface area contributed by atoms with Crippen LogP contribution in [0.5, 0.6) is 11.5 Å². The minimum Gasteiger partial charge on any atom is -0.497 e. The van der Waals surface area contributed by atoms with Gasteiger partial charge in [0.1, 0.15) is 17.2 Å². The Kier molecular flexibility index (Phi) is 6.63. The Balaban J connectivity index is 1.71. The first-order valence-electron chi connectivity index (χ1n) is 9.20. The lowest BCUT2D eigenvalue weighted by atomic mass is 10.2. The molecule has 0 unspecified atom stereocenters. The van der Waals surface area contributed by atoms with Crippen molar-refractivity contribution >= 4 is 17.3 Å². The lowest BCUT2D eigenvalue weighted by Gasteiger charge is -2.19. The zero-order valence-electron chi connectivity index (χ0n) is 16.8. The SMILES string of the molecule is COc1ccc(OC)c(NC(=O)c2cc(N(C)CCc3ccncc3)ccn2)c1. The van der Waals surface area contributed by atoms with Crippen molar-refractivity contribution in [3.63, 3.8) is 0 Å². The molecule has 3 rings (SSSR count). The van der Waals surface area contributed by atoms with Gasteiger partial charge >= 0.3 is 0 Å². The molecule has 3 aromatic rings. The third-order valence-corrected chi connectivity index (χ3v) is 4.56. The van der Waals surface area contributed by atoms with Crippen LogP contribution in [0.3, 0.4) is 0 Å². The van der Waals surface area contributed by atoms with Crippen molar-refractivity contribution in [2.45, 2.75) is 6.42 Å². The fourth-order valence-electron chi connectivity index (χ4n) is 2.85. The quantitative estimate of drug-likeness (QED) is 0.633. The first-order chi connectivity index (χ1) is 14.1. The van der Waals surface area contributed by atoms with Gasteiger partial charge in [-0.25, -0.2) is 0 Å². The van der Waals surface area contributed by atoms with E-state index in [-0.39, 0.29) is 5.91 Å². The summed E-state index contributed by atoms with van der Waals surface area (Å²) < 4.78 is 10.5. The van der Waals surface area contributed by atoms with E-state index < -0.39 is 0 Å². The highest BCUT2D eigenvalue weighted by atomic mass is 16.5. The van der Waals surface area contributed by atoms with Crippen molar-refractivity contribution in [2.24, 2.45) is 0 Å². The molecule has 0 radical (unpaired) electrons. The first-order valence-corrected chi connectivity index (χ1v) is 9.20. The predicted octanol–water partition coefficient (Wildman–Crippen LogP) is 3.43. The number of aromatic nitrogens is 2. The molecule has 0 aliphatic rings. The molecule has 150 valence electrons. The number of amides is 1. The van der Waals surface area contributed by atoms with Crippen LogP contribution in [0, 0.1) is 0 Å². The number of benzene rings is 1. The number of anilines is 2. The van der Waals surface area contributed by atoms with E-state index >= 15 is 0 Å². The van der Waals surface area contributed by atoms with Crippen LogP contribution in [0.15, 0.2) is 61.1 Å². The van der Waals surface area contributed by atoms with Crippen LogP contribution in [0.4, 0.5) is 11.4 Å². The average molecular weight is 392 g/mol. The Labute approximate surface area is 170 Å². The van der Waals surface area contributed by atoms with E-state index in [2.05, 4.69) is 20.2 Å². The van der Waals surface area contributed by atoms with Crippen molar-refractivity contribution in [1.82, 2.24) is 9.97 Å². The molecular weight excluding hydrogens is 368 g/mol. The molecule has 1 amide bonds. The predicted molar refractivity (Wildman–Crippen MR) is 113 cm³/mol. The maximum atomic E-state index is 12.7. The fraction of sp³-hybridized carbons (Fsp3) is 0.227. The molecule has 0 fully saturated rings. The molecule has 29 heavy (non-hydrogen) atoms. The minimum absolute atomic E-state index is 0.319. The molecule has 0 saturated heterocycles. The van der Waals surface area contributed by atoms with Gasteiger partial charge in [-0.15, -0.1) is 0 Å². The fourth-order valence-corrected chi connectivity index (χ4v) is 2.85. The van der Waals surface area contributed by atoms with Crippen LogP contribution in [0.25, 0.3) is 0 Å². The molecule has 2 heterocycles. The summed E-state index contributed by atoms with van der Waals surface area (Å²) in [7, 11) is 5.11. The topological polar surface area (TPSA) is 76.6 Å². The molecule has 0 bridgehead atoms. The molecule has 1 N–H and O–H groups in total. The highest BCUT2D eigenvalue weighted by molar-refractivity contribution is 6.04. The Morgan fingerprint density at radius 2 is 1.83 bits per heavy atom. The second-order valence-corrected chi connectivity index (χ2v) is 6.45. The summed E-state index contributed by atoms with van der Waals surface area (Å²) >= 11 is 0. The molecule has 0 aliphatic carbocycles. The van der Waals surface area contributed by atoms with Gasteiger partial charge in [-0.3, -0.25) is 14.8 Å². The van der Waals surface area contributed by atoms with E-state index in [1.54, 1.807) is 57.1 Å². The van der Waals surface area contributed by atoms with Crippen LogP contribution < -0.4 is 19.7 Å². The largest absolute Gasteiger partial charge is 0.497 e. The lowest BCUT2D eigenvalue weighted by molar-refractivity contribution is 0.102. The number of carbonyl (C=O) groups excluding carboxylic acids is 1. The van der Waals surface area contributed by atoms with E-state index in [1.807, 2.05) is 25.2 Å². The first kappa shape index (κ1) is 20.1. The van der Waals surface area contributed by atoms with Gasteiger partial charge in [-0.1, -0.05) is 0 Å². The normalized spacial score (nSPS) is 10.3. The highest BCUT2D eigenvalue weighted by Gasteiger charge is 2.13. The summed E-state index contributed by atoms with van der Waals surface area (Å²) in [5.41, 5.74) is 2.97. The lowest BCUT2D eigenvalue weighted by Crippen LogP contribution is -2.21. The highest BCUT2D eigenvalue weighted by Crippen LogP contribution is 2.29. The van der Waals surface area contributed by atoms with E-state index in [4.69, 9.17) is 9.47 Å². The smallest absolute Gasteiger partial charge is 0.274 e. The number of methoxy groups -OCH3 is 2. The standard InChI is InChI=1S/C22H24N4O3/c1-26(13-9-16-6-10-23-11-7-16)17-8-12-24-20(14-17)22(27)25-19-15-18(28-2)4-5-21(19)29-3/h4-8,10-12,14-15H,9,13H2,1-3H3,(H,25,27). The van der Waals surface area contributed by atoms with Crippen LogP contribution in [0.1, 0.15) is 16.1 Å². The maximum Gasteiger partial charge on any atom is 0.274 e. The number of likely N-dealkylation sites (N-methyl/N-ethyl adjacent to an activating group) is 1. The van der Waals surface area contributed by atoms with Crippen molar-refractivity contribution in [3.05, 3.63) is 72.3 Å². The molecular formula is C22H24N4O3. The van der Waals surface area contributed by atoms with Crippen molar-refractivity contribution < 1.29 is 14.3 Å². The second kappa shape index (κ2) is 9.54. The Morgan fingerprint density at radius 3 is 2.55 bits per heavy atom. The van der Waals surface area contributed by atoms with Crippen LogP contribution in [0.2, 0.25) is 0 Å². The number of hydrogen-bond donors (Lipinski definition) is 1. The summed E-state index contributed by atoms with van der Waals surface area (Å²) in [6.07, 6.45) is 6.09. The van der Waals surface area contributed by atoms with Gasteiger partial charge in [-0.05, 0) is 48.4 Å². The van der Waals surface area contributed by atoms with E-state index in [1.165, 1.54) is 5.56 Å². The zero-order valence-corrected chi connectivity index (χ0v) is 16.8. The number of nitrogens with zero attached hydrogens (tertiary/aromatic N) is 3.